The molecule has 1 heterocycles. The number of rotatable bonds is 6. The Kier molecular flexibility index (Phi) is 5.26. The van der Waals surface area contributed by atoms with E-state index in [1.165, 1.54) is 5.56 Å². The first kappa shape index (κ1) is 15.0. The van der Waals surface area contributed by atoms with E-state index < -0.39 is 0 Å². The normalized spacial score (nSPS) is 10.2. The second kappa shape index (κ2) is 7.38. The SMILES string of the molecule is CCCNC(=O)c1ccc(Nc2ccc(CC)cc2)nn1. The lowest BCUT2D eigenvalue weighted by atomic mass is 10.1. The molecule has 0 aliphatic heterocycles. The van der Waals surface area contributed by atoms with Crippen LogP contribution in [0.3, 0.4) is 0 Å². The van der Waals surface area contributed by atoms with E-state index in [9.17, 15) is 4.79 Å². The highest BCUT2D eigenvalue weighted by Gasteiger charge is 2.07. The molecule has 5 heteroatoms. The molecule has 110 valence electrons. The average molecular weight is 284 g/mol. The third kappa shape index (κ3) is 4.27. The van der Waals surface area contributed by atoms with E-state index in [2.05, 4.69) is 39.9 Å². The lowest BCUT2D eigenvalue weighted by Gasteiger charge is -2.06. The van der Waals surface area contributed by atoms with Crippen LogP contribution in [0, 0.1) is 0 Å². The molecule has 21 heavy (non-hydrogen) atoms. The van der Waals surface area contributed by atoms with Crippen LogP contribution in [-0.4, -0.2) is 22.6 Å². The molecule has 1 amide bonds. The van der Waals surface area contributed by atoms with Gasteiger partial charge < -0.3 is 10.6 Å². The first-order chi connectivity index (χ1) is 10.2. The molecule has 0 radical (unpaired) electrons. The Hall–Kier alpha value is -2.43. The highest BCUT2D eigenvalue weighted by atomic mass is 16.1. The van der Waals surface area contributed by atoms with Gasteiger partial charge in [-0.05, 0) is 42.7 Å². The molecule has 2 N–H and O–H groups in total. The third-order valence-electron chi connectivity index (χ3n) is 3.07. The van der Waals surface area contributed by atoms with Gasteiger partial charge in [0.05, 0.1) is 0 Å². The zero-order valence-corrected chi connectivity index (χ0v) is 12.4. The van der Waals surface area contributed by atoms with Crippen molar-refractivity contribution in [1.82, 2.24) is 15.5 Å². The Balaban J connectivity index is 1.99. The Morgan fingerprint density at radius 3 is 2.38 bits per heavy atom. The molecule has 2 rings (SSSR count). The summed E-state index contributed by atoms with van der Waals surface area (Å²) in [6.07, 6.45) is 1.91. The number of hydrogen-bond donors (Lipinski definition) is 2. The fourth-order valence-electron chi connectivity index (χ4n) is 1.82. The molecule has 5 nitrogen and oxygen atoms in total. The van der Waals surface area contributed by atoms with E-state index in [-0.39, 0.29) is 5.91 Å². The Labute approximate surface area is 124 Å². The lowest BCUT2D eigenvalue weighted by Crippen LogP contribution is -2.25. The molecule has 0 atom stereocenters. The van der Waals surface area contributed by atoms with E-state index in [0.717, 1.165) is 18.5 Å². The van der Waals surface area contributed by atoms with E-state index >= 15 is 0 Å². The summed E-state index contributed by atoms with van der Waals surface area (Å²) in [7, 11) is 0. The summed E-state index contributed by atoms with van der Waals surface area (Å²) in [6, 6.07) is 11.6. The topological polar surface area (TPSA) is 66.9 Å². The van der Waals surface area contributed by atoms with E-state index in [4.69, 9.17) is 0 Å². The van der Waals surface area contributed by atoms with Crippen LogP contribution in [0.15, 0.2) is 36.4 Å². The number of nitrogens with zero attached hydrogens (tertiary/aromatic N) is 2. The van der Waals surface area contributed by atoms with Gasteiger partial charge in [-0.2, -0.15) is 0 Å². The quantitative estimate of drug-likeness (QED) is 0.856. The highest BCUT2D eigenvalue weighted by Crippen LogP contribution is 2.15. The Morgan fingerprint density at radius 2 is 1.81 bits per heavy atom. The summed E-state index contributed by atoms with van der Waals surface area (Å²) in [5.41, 5.74) is 2.56. The first-order valence-electron chi connectivity index (χ1n) is 7.20. The van der Waals surface area contributed by atoms with Gasteiger partial charge in [0.25, 0.3) is 5.91 Å². The standard InChI is InChI=1S/C16H20N4O/c1-3-11-17-16(21)14-9-10-15(20-19-14)18-13-7-5-12(4-2)6-8-13/h5-10H,3-4,11H2,1-2H3,(H,17,21)(H,18,20). The fourth-order valence-corrected chi connectivity index (χ4v) is 1.82. The van der Waals surface area contributed by atoms with Crippen LogP contribution in [0.5, 0.6) is 0 Å². The van der Waals surface area contributed by atoms with Gasteiger partial charge in [0.2, 0.25) is 0 Å². The molecule has 0 saturated heterocycles. The summed E-state index contributed by atoms with van der Waals surface area (Å²) in [4.78, 5) is 11.7. The predicted molar refractivity (Wildman–Crippen MR) is 83.8 cm³/mol. The number of nitrogens with one attached hydrogen (secondary N) is 2. The number of amides is 1. The largest absolute Gasteiger partial charge is 0.351 e. The van der Waals surface area contributed by atoms with Crippen molar-refractivity contribution >= 4 is 17.4 Å². The highest BCUT2D eigenvalue weighted by molar-refractivity contribution is 5.92. The predicted octanol–water partition coefficient (Wildman–Crippen LogP) is 2.92. The molecular weight excluding hydrogens is 264 g/mol. The van der Waals surface area contributed by atoms with Gasteiger partial charge in [-0.1, -0.05) is 26.0 Å². The van der Waals surface area contributed by atoms with Crippen LogP contribution in [0.1, 0.15) is 36.3 Å². The smallest absolute Gasteiger partial charge is 0.271 e. The first-order valence-corrected chi connectivity index (χ1v) is 7.20. The zero-order chi connectivity index (χ0) is 15.1. The van der Waals surface area contributed by atoms with Gasteiger partial charge in [-0.25, -0.2) is 0 Å². The molecule has 2 aromatic rings. The van der Waals surface area contributed by atoms with Crippen LogP contribution < -0.4 is 10.6 Å². The van der Waals surface area contributed by atoms with Gasteiger partial charge in [0.1, 0.15) is 0 Å². The van der Waals surface area contributed by atoms with E-state index in [1.807, 2.05) is 19.1 Å². The maximum Gasteiger partial charge on any atom is 0.271 e. The summed E-state index contributed by atoms with van der Waals surface area (Å²) < 4.78 is 0. The lowest BCUT2D eigenvalue weighted by molar-refractivity contribution is 0.0947. The van der Waals surface area contributed by atoms with Crippen LogP contribution in [0.25, 0.3) is 0 Å². The molecule has 0 aliphatic carbocycles. The van der Waals surface area contributed by atoms with Crippen LogP contribution >= 0.6 is 0 Å². The molecule has 0 fully saturated rings. The molecular formula is C16H20N4O. The second-order valence-corrected chi connectivity index (χ2v) is 4.74. The van der Waals surface area contributed by atoms with Crippen molar-refractivity contribution in [3.63, 3.8) is 0 Å². The average Bonchev–Trinajstić information content (AvgIpc) is 2.54. The summed E-state index contributed by atoms with van der Waals surface area (Å²) >= 11 is 0. The molecule has 1 aromatic carbocycles. The number of carbonyl (C=O) groups excluding carboxylic acids is 1. The summed E-state index contributed by atoms with van der Waals surface area (Å²) in [5, 5.41) is 13.9. The number of aromatic nitrogens is 2. The van der Waals surface area contributed by atoms with Gasteiger partial charge in [-0.15, -0.1) is 10.2 Å². The van der Waals surface area contributed by atoms with Gasteiger partial charge in [-0.3, -0.25) is 4.79 Å². The Morgan fingerprint density at radius 1 is 1.05 bits per heavy atom. The van der Waals surface area contributed by atoms with Crippen LogP contribution in [0.2, 0.25) is 0 Å². The Bertz CT molecular complexity index is 578. The van der Waals surface area contributed by atoms with Gasteiger partial charge in [0, 0.05) is 12.2 Å². The second-order valence-electron chi connectivity index (χ2n) is 4.74. The number of anilines is 2. The van der Waals surface area contributed by atoms with Crippen molar-refractivity contribution in [1.29, 1.82) is 0 Å². The summed E-state index contributed by atoms with van der Waals surface area (Å²) in [6.45, 7) is 4.77. The molecule has 0 spiro atoms. The summed E-state index contributed by atoms with van der Waals surface area (Å²) in [5.74, 6) is 0.425. The minimum Gasteiger partial charge on any atom is -0.351 e. The van der Waals surface area contributed by atoms with Crippen molar-refractivity contribution < 1.29 is 4.79 Å². The number of hydrogen-bond acceptors (Lipinski definition) is 4. The van der Waals surface area contributed by atoms with Crippen LogP contribution in [0.4, 0.5) is 11.5 Å². The van der Waals surface area contributed by atoms with E-state index in [1.54, 1.807) is 12.1 Å². The van der Waals surface area contributed by atoms with Crippen molar-refractivity contribution in [2.75, 3.05) is 11.9 Å². The number of aryl methyl sites for hydroxylation is 1. The van der Waals surface area contributed by atoms with Crippen molar-refractivity contribution in [3.8, 4) is 0 Å². The fraction of sp³-hybridized carbons (Fsp3) is 0.312. The molecule has 1 aromatic heterocycles. The number of benzene rings is 1. The van der Waals surface area contributed by atoms with Gasteiger partial charge in [0.15, 0.2) is 11.5 Å². The minimum atomic E-state index is -0.191. The maximum absolute atomic E-state index is 11.7. The molecule has 0 saturated carbocycles. The molecule has 0 unspecified atom stereocenters. The molecule has 0 aliphatic rings. The van der Waals surface area contributed by atoms with Crippen molar-refractivity contribution in [3.05, 3.63) is 47.7 Å². The maximum atomic E-state index is 11.7. The van der Waals surface area contributed by atoms with Crippen molar-refractivity contribution in [2.45, 2.75) is 26.7 Å². The molecule has 0 bridgehead atoms. The zero-order valence-electron chi connectivity index (χ0n) is 12.4. The van der Waals surface area contributed by atoms with Crippen LogP contribution in [-0.2, 0) is 6.42 Å². The number of carbonyl (C=O) groups is 1. The minimum absolute atomic E-state index is 0.191. The van der Waals surface area contributed by atoms with Gasteiger partial charge >= 0.3 is 0 Å². The third-order valence-corrected chi connectivity index (χ3v) is 3.07. The van der Waals surface area contributed by atoms with Crippen molar-refractivity contribution in [2.24, 2.45) is 0 Å². The monoisotopic (exact) mass is 284 g/mol. The van der Waals surface area contributed by atoms with E-state index in [0.29, 0.717) is 18.1 Å².